The molecule has 1 aromatic carbocycles. The van der Waals surface area contributed by atoms with Crippen molar-refractivity contribution in [2.24, 2.45) is 5.73 Å². The Hall–Kier alpha value is -2.08. The van der Waals surface area contributed by atoms with Crippen molar-refractivity contribution >= 4 is 11.9 Å². The van der Waals surface area contributed by atoms with Crippen molar-refractivity contribution in [3.8, 4) is 5.75 Å². The van der Waals surface area contributed by atoms with Crippen molar-refractivity contribution in [2.75, 3.05) is 7.11 Å². The summed E-state index contributed by atoms with van der Waals surface area (Å²) in [4.78, 5) is 23.5. The summed E-state index contributed by atoms with van der Waals surface area (Å²) in [6.45, 7) is 1.56. The Kier molecular flexibility index (Phi) is 5.38. The molecule has 0 spiro atoms. The normalized spacial score (nSPS) is 16.5. The molecule has 1 aromatic rings. The zero-order chi connectivity index (χ0) is 16.1. The summed E-state index contributed by atoms with van der Waals surface area (Å²) in [6.07, 6.45) is 2.90. The molecule has 1 amide bonds. The molecule has 2 atom stereocenters. The third-order valence-electron chi connectivity index (χ3n) is 3.41. The second kappa shape index (κ2) is 7.26. The first-order valence-electron chi connectivity index (χ1n) is 7.39. The molecule has 0 unspecified atom stereocenters. The number of rotatable bonds is 7. The predicted molar refractivity (Wildman–Crippen MR) is 81.4 cm³/mol. The molecule has 0 saturated heterocycles. The molecule has 22 heavy (non-hydrogen) atoms. The fourth-order valence-corrected chi connectivity index (χ4v) is 1.96. The molecule has 0 aliphatic heterocycles. The maximum atomic E-state index is 11.8. The number of hydrogen-bond donors (Lipinski definition) is 2. The van der Waals surface area contributed by atoms with E-state index in [4.69, 9.17) is 15.2 Å². The van der Waals surface area contributed by atoms with E-state index in [2.05, 4.69) is 5.32 Å². The molecule has 1 fully saturated rings. The van der Waals surface area contributed by atoms with Crippen molar-refractivity contribution in [3.63, 3.8) is 0 Å². The SMILES string of the molecule is COC(=O)[C@H](Cc1ccc(OC2CC2)cc1)NC(=O)[C@H](C)N. The van der Waals surface area contributed by atoms with Gasteiger partial charge >= 0.3 is 5.97 Å². The molecule has 6 heteroatoms. The summed E-state index contributed by atoms with van der Waals surface area (Å²) in [5.41, 5.74) is 6.42. The number of esters is 1. The maximum Gasteiger partial charge on any atom is 0.328 e. The lowest BCUT2D eigenvalue weighted by Crippen LogP contribution is -2.48. The topological polar surface area (TPSA) is 90.6 Å². The highest BCUT2D eigenvalue weighted by molar-refractivity contribution is 5.87. The van der Waals surface area contributed by atoms with Gasteiger partial charge in [-0.15, -0.1) is 0 Å². The summed E-state index contributed by atoms with van der Waals surface area (Å²) in [5, 5.41) is 2.60. The van der Waals surface area contributed by atoms with Crippen molar-refractivity contribution < 1.29 is 19.1 Å². The molecule has 0 heterocycles. The van der Waals surface area contributed by atoms with E-state index in [1.165, 1.54) is 7.11 Å². The first-order chi connectivity index (χ1) is 10.5. The summed E-state index contributed by atoms with van der Waals surface area (Å²) < 4.78 is 10.4. The molecule has 120 valence electrons. The van der Waals surface area contributed by atoms with Gasteiger partial charge in [0.25, 0.3) is 0 Å². The Labute approximate surface area is 130 Å². The Balaban J connectivity index is 1.98. The van der Waals surface area contributed by atoms with E-state index in [1.807, 2.05) is 24.3 Å². The van der Waals surface area contributed by atoms with Gasteiger partial charge in [0.1, 0.15) is 11.8 Å². The first-order valence-corrected chi connectivity index (χ1v) is 7.39. The number of carbonyl (C=O) groups excluding carboxylic acids is 2. The fourth-order valence-electron chi connectivity index (χ4n) is 1.96. The monoisotopic (exact) mass is 306 g/mol. The Morgan fingerprint density at radius 2 is 1.95 bits per heavy atom. The van der Waals surface area contributed by atoms with Crippen LogP contribution in [0.2, 0.25) is 0 Å². The van der Waals surface area contributed by atoms with Gasteiger partial charge in [-0.25, -0.2) is 4.79 Å². The number of nitrogens with one attached hydrogen (secondary N) is 1. The third kappa shape index (κ3) is 4.73. The van der Waals surface area contributed by atoms with Crippen LogP contribution in [0.5, 0.6) is 5.75 Å². The quantitative estimate of drug-likeness (QED) is 0.726. The predicted octanol–water partition coefficient (Wildman–Crippen LogP) is 0.775. The van der Waals surface area contributed by atoms with Gasteiger partial charge in [-0.05, 0) is 37.5 Å². The van der Waals surface area contributed by atoms with Crippen LogP contribution >= 0.6 is 0 Å². The Bertz CT molecular complexity index is 523. The van der Waals surface area contributed by atoms with Crippen LogP contribution in [0.4, 0.5) is 0 Å². The van der Waals surface area contributed by atoms with Crippen molar-refractivity contribution in [3.05, 3.63) is 29.8 Å². The molecule has 0 radical (unpaired) electrons. The molecule has 1 saturated carbocycles. The van der Waals surface area contributed by atoms with Crippen LogP contribution < -0.4 is 15.8 Å². The minimum Gasteiger partial charge on any atom is -0.490 e. The number of amides is 1. The smallest absolute Gasteiger partial charge is 0.328 e. The van der Waals surface area contributed by atoms with Crippen molar-refractivity contribution in [2.45, 2.75) is 44.4 Å². The highest BCUT2D eigenvalue weighted by Gasteiger charge is 2.24. The molecule has 0 bridgehead atoms. The largest absolute Gasteiger partial charge is 0.490 e. The Morgan fingerprint density at radius 3 is 2.45 bits per heavy atom. The van der Waals surface area contributed by atoms with Crippen LogP contribution in [0.3, 0.4) is 0 Å². The van der Waals surface area contributed by atoms with E-state index in [0.29, 0.717) is 12.5 Å². The summed E-state index contributed by atoms with van der Waals surface area (Å²) >= 11 is 0. The minimum absolute atomic E-state index is 0.342. The molecule has 1 aliphatic rings. The molecule has 3 N–H and O–H groups in total. The zero-order valence-corrected chi connectivity index (χ0v) is 12.9. The number of ether oxygens (including phenoxy) is 2. The molecule has 1 aliphatic carbocycles. The average Bonchev–Trinajstić information content (AvgIpc) is 3.31. The van der Waals surface area contributed by atoms with E-state index >= 15 is 0 Å². The van der Waals surface area contributed by atoms with E-state index in [0.717, 1.165) is 24.2 Å². The Morgan fingerprint density at radius 1 is 1.32 bits per heavy atom. The number of benzene rings is 1. The second-order valence-corrected chi connectivity index (χ2v) is 5.54. The van der Waals surface area contributed by atoms with Gasteiger partial charge in [-0.2, -0.15) is 0 Å². The van der Waals surface area contributed by atoms with Gasteiger partial charge in [0.05, 0.1) is 19.3 Å². The number of hydrogen-bond acceptors (Lipinski definition) is 5. The third-order valence-corrected chi connectivity index (χ3v) is 3.41. The summed E-state index contributed by atoms with van der Waals surface area (Å²) in [5.74, 6) is -0.0584. The lowest BCUT2D eigenvalue weighted by molar-refractivity contribution is -0.145. The fraction of sp³-hybridized carbons (Fsp3) is 0.500. The van der Waals surface area contributed by atoms with Gasteiger partial charge < -0.3 is 20.5 Å². The van der Waals surface area contributed by atoms with Gasteiger partial charge in [0, 0.05) is 6.42 Å². The molecule has 2 rings (SSSR count). The van der Waals surface area contributed by atoms with Gasteiger partial charge in [0.15, 0.2) is 0 Å². The first kappa shape index (κ1) is 16.3. The van der Waals surface area contributed by atoms with Crippen LogP contribution in [0.1, 0.15) is 25.3 Å². The molecule has 6 nitrogen and oxygen atoms in total. The molecular formula is C16H22N2O4. The van der Waals surface area contributed by atoms with Crippen LogP contribution in [-0.4, -0.2) is 37.2 Å². The van der Waals surface area contributed by atoms with Crippen LogP contribution in [0.25, 0.3) is 0 Å². The van der Waals surface area contributed by atoms with Crippen molar-refractivity contribution in [1.29, 1.82) is 0 Å². The summed E-state index contributed by atoms with van der Waals surface area (Å²) in [6, 6.07) is 6.07. The highest BCUT2D eigenvalue weighted by Crippen LogP contribution is 2.26. The van der Waals surface area contributed by atoms with E-state index < -0.39 is 18.1 Å². The van der Waals surface area contributed by atoms with E-state index in [1.54, 1.807) is 6.92 Å². The standard InChI is InChI=1S/C16H22N2O4/c1-10(17)15(19)18-14(16(20)21-2)9-11-3-5-12(6-4-11)22-13-7-8-13/h3-6,10,13-14H,7-9,17H2,1-2H3,(H,18,19)/t10-,14-/m0/s1. The maximum absolute atomic E-state index is 11.8. The van der Waals surface area contributed by atoms with Crippen LogP contribution in [0.15, 0.2) is 24.3 Å². The lowest BCUT2D eigenvalue weighted by Gasteiger charge is -2.18. The molecule has 0 aromatic heterocycles. The van der Waals surface area contributed by atoms with Gasteiger partial charge in [-0.3, -0.25) is 4.79 Å². The van der Waals surface area contributed by atoms with Gasteiger partial charge in [0.2, 0.25) is 5.91 Å². The molecular weight excluding hydrogens is 284 g/mol. The number of methoxy groups -OCH3 is 1. The second-order valence-electron chi connectivity index (χ2n) is 5.54. The van der Waals surface area contributed by atoms with E-state index in [9.17, 15) is 9.59 Å². The number of carbonyl (C=O) groups is 2. The lowest BCUT2D eigenvalue weighted by atomic mass is 10.1. The van der Waals surface area contributed by atoms with Crippen LogP contribution in [-0.2, 0) is 20.7 Å². The van der Waals surface area contributed by atoms with Gasteiger partial charge in [-0.1, -0.05) is 12.1 Å². The average molecular weight is 306 g/mol. The number of nitrogens with two attached hydrogens (primary N) is 1. The zero-order valence-electron chi connectivity index (χ0n) is 12.9. The van der Waals surface area contributed by atoms with Crippen LogP contribution in [0, 0.1) is 0 Å². The van der Waals surface area contributed by atoms with Crippen molar-refractivity contribution in [1.82, 2.24) is 5.32 Å². The highest BCUT2D eigenvalue weighted by atomic mass is 16.5. The minimum atomic E-state index is -0.751. The summed E-state index contributed by atoms with van der Waals surface area (Å²) in [7, 11) is 1.29. The van der Waals surface area contributed by atoms with E-state index in [-0.39, 0.29) is 5.91 Å².